The second kappa shape index (κ2) is 3.75. The molecule has 0 bridgehead atoms. The first-order chi connectivity index (χ1) is 5.33. The first-order valence-electron chi connectivity index (χ1n) is 3.61. The lowest BCUT2D eigenvalue weighted by atomic mass is 10.3. The van der Waals surface area contributed by atoms with Crippen molar-refractivity contribution in [2.24, 2.45) is 0 Å². The molecule has 1 rings (SSSR count). The third-order valence-corrected chi connectivity index (χ3v) is 1.25. The van der Waals surface area contributed by atoms with Gasteiger partial charge in [-0.05, 0) is 6.42 Å². The Bertz CT molecular complexity index is 218. The quantitative estimate of drug-likeness (QED) is 0.684. The highest BCUT2D eigenvalue weighted by Gasteiger charge is 1.99. The Balaban J connectivity index is 2.37. The van der Waals surface area contributed by atoms with Gasteiger partial charge in [-0.3, -0.25) is 4.79 Å². The van der Waals surface area contributed by atoms with Gasteiger partial charge >= 0.3 is 0 Å². The molecule has 0 spiro atoms. The van der Waals surface area contributed by atoms with Gasteiger partial charge in [0.1, 0.15) is 5.82 Å². The largest absolute Gasteiger partial charge is 0.331 e. The SMILES string of the molecule is CCCC(=O)Nc1cnc[nH]1. The Morgan fingerprint density at radius 2 is 2.64 bits per heavy atom. The molecule has 0 atom stereocenters. The molecule has 0 saturated carbocycles. The van der Waals surface area contributed by atoms with Crippen LogP contribution in [0.25, 0.3) is 0 Å². The van der Waals surface area contributed by atoms with Gasteiger partial charge in [0.15, 0.2) is 0 Å². The van der Waals surface area contributed by atoms with E-state index in [1.165, 1.54) is 6.33 Å². The lowest BCUT2D eigenvalue weighted by Crippen LogP contribution is -2.10. The van der Waals surface area contributed by atoms with E-state index in [0.717, 1.165) is 6.42 Å². The van der Waals surface area contributed by atoms with Crippen molar-refractivity contribution in [3.05, 3.63) is 12.5 Å². The molecular weight excluding hydrogens is 142 g/mol. The van der Waals surface area contributed by atoms with Crippen LogP contribution in [-0.2, 0) is 4.79 Å². The van der Waals surface area contributed by atoms with Crippen LogP contribution in [0.3, 0.4) is 0 Å². The summed E-state index contributed by atoms with van der Waals surface area (Å²) in [7, 11) is 0. The summed E-state index contributed by atoms with van der Waals surface area (Å²) in [5.41, 5.74) is 0. The first-order valence-corrected chi connectivity index (χ1v) is 3.61. The van der Waals surface area contributed by atoms with Crippen LogP contribution in [0, 0.1) is 0 Å². The van der Waals surface area contributed by atoms with Gasteiger partial charge in [0.05, 0.1) is 12.5 Å². The molecule has 60 valence electrons. The Labute approximate surface area is 65.0 Å². The summed E-state index contributed by atoms with van der Waals surface area (Å²) in [6, 6.07) is 0. The topological polar surface area (TPSA) is 57.8 Å². The van der Waals surface area contributed by atoms with Crippen molar-refractivity contribution in [3.8, 4) is 0 Å². The zero-order valence-corrected chi connectivity index (χ0v) is 6.42. The number of hydrogen-bond acceptors (Lipinski definition) is 2. The molecule has 0 saturated heterocycles. The summed E-state index contributed by atoms with van der Waals surface area (Å²) >= 11 is 0. The highest BCUT2D eigenvalue weighted by atomic mass is 16.1. The summed E-state index contributed by atoms with van der Waals surface area (Å²) in [4.78, 5) is 17.5. The first kappa shape index (κ1) is 7.78. The number of rotatable bonds is 3. The van der Waals surface area contributed by atoms with Crippen LogP contribution >= 0.6 is 0 Å². The molecule has 0 radical (unpaired) electrons. The van der Waals surface area contributed by atoms with Crippen LogP contribution in [0.2, 0.25) is 0 Å². The second-order valence-corrected chi connectivity index (χ2v) is 2.26. The predicted octanol–water partition coefficient (Wildman–Crippen LogP) is 1.15. The molecule has 1 heterocycles. The smallest absolute Gasteiger partial charge is 0.225 e. The maximum absolute atomic E-state index is 11.0. The Hall–Kier alpha value is -1.32. The fourth-order valence-electron chi connectivity index (χ4n) is 0.764. The van der Waals surface area contributed by atoms with Crippen molar-refractivity contribution in [2.45, 2.75) is 19.8 Å². The molecule has 11 heavy (non-hydrogen) atoms. The fraction of sp³-hybridized carbons (Fsp3) is 0.429. The van der Waals surface area contributed by atoms with E-state index in [1.807, 2.05) is 6.92 Å². The van der Waals surface area contributed by atoms with Crippen molar-refractivity contribution in [2.75, 3.05) is 5.32 Å². The molecule has 0 unspecified atom stereocenters. The molecular formula is C7H11N3O. The van der Waals surface area contributed by atoms with Crippen LogP contribution < -0.4 is 5.32 Å². The number of hydrogen-bond donors (Lipinski definition) is 2. The molecule has 1 amide bonds. The number of H-pyrrole nitrogens is 1. The summed E-state index contributed by atoms with van der Waals surface area (Å²) < 4.78 is 0. The minimum absolute atomic E-state index is 0.0248. The number of amides is 1. The van der Waals surface area contributed by atoms with E-state index in [0.29, 0.717) is 12.2 Å². The van der Waals surface area contributed by atoms with E-state index in [1.54, 1.807) is 6.20 Å². The summed E-state index contributed by atoms with van der Waals surface area (Å²) in [6.07, 6.45) is 4.52. The van der Waals surface area contributed by atoms with Gasteiger partial charge in [0.2, 0.25) is 5.91 Å². The molecule has 1 aromatic heterocycles. The van der Waals surface area contributed by atoms with Crippen molar-refractivity contribution in [3.63, 3.8) is 0 Å². The number of carbonyl (C=O) groups is 1. The monoisotopic (exact) mass is 153 g/mol. The minimum atomic E-state index is 0.0248. The summed E-state index contributed by atoms with van der Waals surface area (Å²) in [5.74, 6) is 0.681. The summed E-state index contributed by atoms with van der Waals surface area (Å²) in [6.45, 7) is 1.96. The van der Waals surface area contributed by atoms with Crippen molar-refractivity contribution in [1.82, 2.24) is 9.97 Å². The zero-order chi connectivity index (χ0) is 8.10. The van der Waals surface area contributed by atoms with E-state index in [4.69, 9.17) is 0 Å². The average molecular weight is 153 g/mol. The number of anilines is 1. The number of imidazole rings is 1. The zero-order valence-electron chi connectivity index (χ0n) is 6.42. The van der Waals surface area contributed by atoms with Gasteiger partial charge in [0, 0.05) is 6.42 Å². The van der Waals surface area contributed by atoms with Crippen LogP contribution in [-0.4, -0.2) is 15.9 Å². The van der Waals surface area contributed by atoms with E-state index in [-0.39, 0.29) is 5.91 Å². The maximum atomic E-state index is 11.0. The van der Waals surface area contributed by atoms with Gasteiger partial charge in [-0.1, -0.05) is 6.92 Å². The van der Waals surface area contributed by atoms with Gasteiger partial charge < -0.3 is 10.3 Å². The van der Waals surface area contributed by atoms with Crippen molar-refractivity contribution in [1.29, 1.82) is 0 Å². The highest BCUT2D eigenvalue weighted by Crippen LogP contribution is 1.99. The van der Waals surface area contributed by atoms with Crippen LogP contribution in [0.5, 0.6) is 0 Å². The minimum Gasteiger partial charge on any atom is -0.331 e. The number of carbonyl (C=O) groups excluding carboxylic acids is 1. The van der Waals surface area contributed by atoms with E-state index in [9.17, 15) is 4.79 Å². The van der Waals surface area contributed by atoms with Gasteiger partial charge in [-0.25, -0.2) is 4.98 Å². The normalized spacial score (nSPS) is 9.55. The third kappa shape index (κ3) is 2.41. The maximum Gasteiger partial charge on any atom is 0.225 e. The molecule has 2 N–H and O–H groups in total. The van der Waals surface area contributed by atoms with Gasteiger partial charge in [-0.2, -0.15) is 0 Å². The molecule has 4 nitrogen and oxygen atoms in total. The molecule has 1 aromatic rings. The molecule has 0 aliphatic carbocycles. The Morgan fingerprint density at radius 1 is 1.82 bits per heavy atom. The van der Waals surface area contributed by atoms with Gasteiger partial charge in [0.25, 0.3) is 0 Å². The highest BCUT2D eigenvalue weighted by molar-refractivity contribution is 5.89. The van der Waals surface area contributed by atoms with Crippen LogP contribution in [0.4, 0.5) is 5.82 Å². The molecule has 0 aromatic carbocycles. The molecule has 0 aliphatic heterocycles. The molecule has 4 heteroatoms. The average Bonchev–Trinajstić information content (AvgIpc) is 2.40. The van der Waals surface area contributed by atoms with E-state index < -0.39 is 0 Å². The number of aromatic nitrogens is 2. The van der Waals surface area contributed by atoms with Gasteiger partial charge in [-0.15, -0.1) is 0 Å². The lowest BCUT2D eigenvalue weighted by molar-refractivity contribution is -0.116. The van der Waals surface area contributed by atoms with Crippen LogP contribution in [0.15, 0.2) is 12.5 Å². The fourth-order valence-corrected chi connectivity index (χ4v) is 0.764. The Morgan fingerprint density at radius 3 is 3.18 bits per heavy atom. The number of nitrogens with one attached hydrogen (secondary N) is 2. The standard InChI is InChI=1S/C7H11N3O/c1-2-3-7(11)10-6-4-8-5-9-6/h4-5H,2-3H2,1H3,(H,8,9)(H,10,11). The van der Waals surface area contributed by atoms with Crippen molar-refractivity contribution < 1.29 is 4.79 Å². The number of aromatic amines is 1. The second-order valence-electron chi connectivity index (χ2n) is 2.26. The predicted molar refractivity (Wildman–Crippen MR) is 42.1 cm³/mol. The Kier molecular flexibility index (Phi) is 2.66. The third-order valence-electron chi connectivity index (χ3n) is 1.25. The van der Waals surface area contributed by atoms with Crippen molar-refractivity contribution >= 4 is 11.7 Å². The van der Waals surface area contributed by atoms with E-state index >= 15 is 0 Å². The van der Waals surface area contributed by atoms with E-state index in [2.05, 4.69) is 15.3 Å². The van der Waals surface area contributed by atoms with Crippen LogP contribution in [0.1, 0.15) is 19.8 Å². The molecule has 0 fully saturated rings. The number of nitrogens with zero attached hydrogens (tertiary/aromatic N) is 1. The summed E-state index contributed by atoms with van der Waals surface area (Å²) in [5, 5.41) is 2.67. The molecule has 0 aliphatic rings. The lowest BCUT2D eigenvalue weighted by Gasteiger charge is -1.98.